The number of anilines is 1. The van der Waals surface area contributed by atoms with Crippen LogP contribution in [0.25, 0.3) is 0 Å². The van der Waals surface area contributed by atoms with Gasteiger partial charge >= 0.3 is 0 Å². The number of amides is 1. The van der Waals surface area contributed by atoms with Crippen LogP contribution in [0.5, 0.6) is 0 Å². The monoisotopic (exact) mass is 360 g/mol. The molecule has 0 radical (unpaired) electrons. The van der Waals surface area contributed by atoms with Crippen LogP contribution in [0.1, 0.15) is 29.2 Å². The van der Waals surface area contributed by atoms with Crippen molar-refractivity contribution >= 4 is 21.6 Å². The first-order valence-corrected chi connectivity index (χ1v) is 9.68. The molecule has 0 saturated carbocycles. The molecule has 0 atom stereocenters. The third kappa shape index (κ3) is 4.67. The molecule has 0 fully saturated rings. The Labute approximate surface area is 149 Å². The highest BCUT2D eigenvalue weighted by molar-refractivity contribution is 7.89. The fourth-order valence-electron chi connectivity index (χ4n) is 2.51. The summed E-state index contributed by atoms with van der Waals surface area (Å²) in [6, 6.07) is 10.7. The minimum Gasteiger partial charge on any atom is -0.324 e. The summed E-state index contributed by atoms with van der Waals surface area (Å²) < 4.78 is 27.1. The number of nitrogens with one attached hydrogen (secondary N) is 2. The van der Waals surface area contributed by atoms with Crippen LogP contribution in [-0.2, 0) is 21.2 Å². The Morgan fingerprint density at radius 2 is 1.72 bits per heavy atom. The molecule has 25 heavy (non-hydrogen) atoms. The van der Waals surface area contributed by atoms with Gasteiger partial charge in [-0.25, -0.2) is 13.1 Å². The van der Waals surface area contributed by atoms with E-state index in [1.807, 2.05) is 45.9 Å². The molecule has 1 amide bonds. The first-order valence-electron chi connectivity index (χ1n) is 8.20. The Balaban J connectivity index is 2.08. The molecule has 2 N–H and O–H groups in total. The number of hydrogen-bond donors (Lipinski definition) is 2. The van der Waals surface area contributed by atoms with Gasteiger partial charge in [0.25, 0.3) is 0 Å². The number of aryl methyl sites for hydroxylation is 4. The number of rotatable bonds is 6. The van der Waals surface area contributed by atoms with Gasteiger partial charge in [-0.15, -0.1) is 0 Å². The van der Waals surface area contributed by atoms with E-state index in [1.165, 1.54) is 0 Å². The molecule has 134 valence electrons. The number of benzene rings is 2. The van der Waals surface area contributed by atoms with Crippen molar-refractivity contribution in [3.05, 3.63) is 58.7 Å². The molecule has 0 aliphatic heterocycles. The fourth-order valence-corrected chi connectivity index (χ4v) is 3.58. The molecule has 0 unspecified atom stereocenters. The van der Waals surface area contributed by atoms with Crippen LogP contribution in [0, 0.1) is 20.8 Å². The zero-order chi connectivity index (χ0) is 18.6. The molecule has 0 bridgehead atoms. The van der Waals surface area contributed by atoms with E-state index in [0.29, 0.717) is 0 Å². The zero-order valence-electron chi connectivity index (χ0n) is 15.0. The normalized spacial score (nSPS) is 11.4. The van der Waals surface area contributed by atoms with Gasteiger partial charge in [0, 0.05) is 5.69 Å². The highest BCUT2D eigenvalue weighted by atomic mass is 32.2. The minimum absolute atomic E-state index is 0.161. The predicted molar refractivity (Wildman–Crippen MR) is 100 cm³/mol. The molecule has 0 aromatic heterocycles. The van der Waals surface area contributed by atoms with Crippen molar-refractivity contribution < 1.29 is 13.2 Å². The summed E-state index contributed by atoms with van der Waals surface area (Å²) in [5.74, 6) is -0.392. The van der Waals surface area contributed by atoms with Gasteiger partial charge in [0.1, 0.15) is 0 Å². The first kappa shape index (κ1) is 19.1. The summed E-state index contributed by atoms with van der Waals surface area (Å²) in [5.41, 5.74) is 4.62. The number of carbonyl (C=O) groups excluding carboxylic acids is 1. The molecule has 2 rings (SSSR count). The van der Waals surface area contributed by atoms with Crippen molar-refractivity contribution in [1.29, 1.82) is 0 Å². The molecule has 0 aliphatic carbocycles. The lowest BCUT2D eigenvalue weighted by Crippen LogP contribution is -2.33. The molecule has 6 heteroatoms. The average molecular weight is 360 g/mol. The quantitative estimate of drug-likeness (QED) is 0.831. The SMILES string of the molecule is CCc1cccc(C)c1NC(=O)CNS(=O)(=O)c1ccc(C)c(C)c1. The second kappa shape index (κ2) is 7.80. The lowest BCUT2D eigenvalue weighted by Gasteiger charge is -2.13. The second-order valence-corrected chi connectivity index (χ2v) is 7.85. The second-order valence-electron chi connectivity index (χ2n) is 6.08. The molecule has 2 aromatic rings. The van der Waals surface area contributed by atoms with Crippen molar-refractivity contribution in [1.82, 2.24) is 4.72 Å². The van der Waals surface area contributed by atoms with E-state index in [0.717, 1.165) is 34.4 Å². The van der Waals surface area contributed by atoms with Gasteiger partial charge < -0.3 is 5.32 Å². The van der Waals surface area contributed by atoms with Gasteiger partial charge in [-0.2, -0.15) is 0 Å². The molecule has 5 nitrogen and oxygen atoms in total. The summed E-state index contributed by atoms with van der Waals surface area (Å²) >= 11 is 0. The Morgan fingerprint density at radius 1 is 1.00 bits per heavy atom. The van der Waals surface area contributed by atoms with Gasteiger partial charge in [-0.05, 0) is 61.6 Å². The van der Waals surface area contributed by atoms with E-state index >= 15 is 0 Å². The van der Waals surface area contributed by atoms with Crippen LogP contribution in [0.2, 0.25) is 0 Å². The third-order valence-electron chi connectivity index (χ3n) is 4.22. The van der Waals surface area contributed by atoms with Crippen molar-refractivity contribution in [2.24, 2.45) is 0 Å². The van der Waals surface area contributed by atoms with Gasteiger partial charge in [-0.3, -0.25) is 4.79 Å². The highest BCUT2D eigenvalue weighted by Crippen LogP contribution is 2.21. The fraction of sp³-hybridized carbons (Fsp3) is 0.316. The Morgan fingerprint density at radius 3 is 2.36 bits per heavy atom. The smallest absolute Gasteiger partial charge is 0.241 e. The number of sulfonamides is 1. The highest BCUT2D eigenvalue weighted by Gasteiger charge is 2.17. The van der Waals surface area contributed by atoms with E-state index in [-0.39, 0.29) is 11.4 Å². The summed E-state index contributed by atoms with van der Waals surface area (Å²) in [7, 11) is -3.72. The summed E-state index contributed by atoms with van der Waals surface area (Å²) in [5, 5.41) is 2.81. The van der Waals surface area contributed by atoms with Crippen molar-refractivity contribution in [3.8, 4) is 0 Å². The van der Waals surface area contributed by atoms with Crippen LogP contribution < -0.4 is 10.0 Å². The topological polar surface area (TPSA) is 75.3 Å². The lowest BCUT2D eigenvalue weighted by molar-refractivity contribution is -0.115. The molecule has 0 heterocycles. The Kier molecular flexibility index (Phi) is 5.98. The summed E-state index contributed by atoms with van der Waals surface area (Å²) in [4.78, 5) is 12.4. The van der Waals surface area contributed by atoms with E-state index in [2.05, 4.69) is 10.0 Å². The van der Waals surface area contributed by atoms with E-state index in [4.69, 9.17) is 0 Å². The maximum atomic E-state index is 12.4. The molecule has 0 spiro atoms. The maximum Gasteiger partial charge on any atom is 0.241 e. The molecule has 0 saturated heterocycles. The Hall–Kier alpha value is -2.18. The van der Waals surface area contributed by atoms with Crippen LogP contribution in [0.3, 0.4) is 0 Å². The van der Waals surface area contributed by atoms with Crippen molar-refractivity contribution in [2.75, 3.05) is 11.9 Å². The number of para-hydroxylation sites is 1. The Bertz CT molecular complexity index is 890. The third-order valence-corrected chi connectivity index (χ3v) is 5.61. The molecular formula is C19H24N2O3S. The largest absolute Gasteiger partial charge is 0.324 e. The van der Waals surface area contributed by atoms with Gasteiger partial charge in [-0.1, -0.05) is 31.2 Å². The van der Waals surface area contributed by atoms with E-state index in [9.17, 15) is 13.2 Å². The molecule has 2 aromatic carbocycles. The number of hydrogen-bond acceptors (Lipinski definition) is 3. The molecule has 0 aliphatic rings. The van der Waals surface area contributed by atoms with Crippen LogP contribution >= 0.6 is 0 Å². The van der Waals surface area contributed by atoms with Crippen LogP contribution in [0.15, 0.2) is 41.3 Å². The van der Waals surface area contributed by atoms with Crippen LogP contribution in [0.4, 0.5) is 5.69 Å². The summed E-state index contributed by atoms with van der Waals surface area (Å²) in [6.45, 7) is 7.37. The van der Waals surface area contributed by atoms with Crippen molar-refractivity contribution in [2.45, 2.75) is 39.0 Å². The number of carbonyl (C=O) groups is 1. The lowest BCUT2D eigenvalue weighted by atomic mass is 10.1. The van der Waals surface area contributed by atoms with Gasteiger partial charge in [0.05, 0.1) is 11.4 Å². The maximum absolute atomic E-state index is 12.4. The standard InChI is InChI=1S/C19H24N2O3S/c1-5-16-8-6-7-14(3)19(16)21-18(22)12-20-25(23,24)17-10-9-13(2)15(4)11-17/h6-11,20H,5,12H2,1-4H3,(H,21,22). The summed E-state index contributed by atoms with van der Waals surface area (Å²) in [6.07, 6.45) is 0.783. The average Bonchev–Trinajstić information content (AvgIpc) is 2.57. The first-order chi connectivity index (χ1) is 11.7. The minimum atomic E-state index is -3.72. The van der Waals surface area contributed by atoms with Crippen LogP contribution in [-0.4, -0.2) is 20.9 Å². The van der Waals surface area contributed by atoms with Gasteiger partial charge in [0.2, 0.25) is 15.9 Å². The van der Waals surface area contributed by atoms with Crippen molar-refractivity contribution in [3.63, 3.8) is 0 Å². The zero-order valence-corrected chi connectivity index (χ0v) is 15.8. The van der Waals surface area contributed by atoms with E-state index < -0.39 is 15.9 Å². The van der Waals surface area contributed by atoms with E-state index in [1.54, 1.807) is 18.2 Å². The predicted octanol–water partition coefficient (Wildman–Crippen LogP) is 3.09. The van der Waals surface area contributed by atoms with Gasteiger partial charge in [0.15, 0.2) is 0 Å². The molecular weight excluding hydrogens is 336 g/mol.